The van der Waals surface area contributed by atoms with Gasteiger partial charge in [0, 0.05) is 18.0 Å². The molecule has 0 spiro atoms. The van der Waals surface area contributed by atoms with Crippen LogP contribution in [0.25, 0.3) is 0 Å². The van der Waals surface area contributed by atoms with Gasteiger partial charge in [0.05, 0.1) is 10.2 Å². The monoisotopic (exact) mass is 338 g/mol. The van der Waals surface area contributed by atoms with Gasteiger partial charge in [-0.15, -0.1) is 23.7 Å². The van der Waals surface area contributed by atoms with Crippen LogP contribution in [0.2, 0.25) is 0 Å². The summed E-state index contributed by atoms with van der Waals surface area (Å²) < 4.78 is 1.08. The van der Waals surface area contributed by atoms with Crippen molar-refractivity contribution in [1.29, 1.82) is 0 Å². The second-order valence-electron chi connectivity index (χ2n) is 4.11. The molecule has 0 bridgehead atoms. The maximum atomic E-state index is 12.0. The fourth-order valence-corrected chi connectivity index (χ4v) is 3.43. The first kappa shape index (κ1) is 15.0. The third-order valence-corrected chi connectivity index (χ3v) is 4.55. The molecule has 1 unspecified atom stereocenters. The van der Waals surface area contributed by atoms with E-state index >= 15 is 0 Å². The number of carbonyl (C=O) groups excluding carboxylic acids is 1. The zero-order valence-corrected chi connectivity index (χ0v) is 12.6. The standard InChI is InChI=1S/C11H15BrN2OS.ClH/c12-10-2-1-9(16-10)5-11(15)14-4-3-8(6-13)7-14;/h1-2,8H,3-7,13H2;1H. The number of likely N-dealkylation sites (tertiary alicyclic amines) is 1. The molecule has 0 aromatic carbocycles. The van der Waals surface area contributed by atoms with Crippen LogP contribution in [0.4, 0.5) is 0 Å². The highest BCUT2D eigenvalue weighted by molar-refractivity contribution is 9.11. The van der Waals surface area contributed by atoms with E-state index in [-0.39, 0.29) is 18.3 Å². The van der Waals surface area contributed by atoms with Crippen LogP contribution in [-0.4, -0.2) is 30.4 Å². The van der Waals surface area contributed by atoms with Crippen molar-refractivity contribution in [1.82, 2.24) is 4.90 Å². The summed E-state index contributed by atoms with van der Waals surface area (Å²) in [5.41, 5.74) is 5.61. The molecule has 1 aromatic rings. The lowest BCUT2D eigenvalue weighted by Gasteiger charge is -2.15. The molecule has 0 aliphatic carbocycles. The number of thiophene rings is 1. The summed E-state index contributed by atoms with van der Waals surface area (Å²) in [5, 5.41) is 0. The van der Waals surface area contributed by atoms with Crippen LogP contribution in [0.1, 0.15) is 11.3 Å². The predicted octanol–water partition coefficient (Wildman–Crippen LogP) is 2.28. The average Bonchev–Trinajstić information content (AvgIpc) is 2.87. The number of nitrogens with two attached hydrogens (primary N) is 1. The normalized spacial score (nSPS) is 19.2. The van der Waals surface area contributed by atoms with Gasteiger partial charge in [-0.2, -0.15) is 0 Å². The zero-order chi connectivity index (χ0) is 11.5. The molecule has 1 atom stereocenters. The average molecular weight is 340 g/mol. The third kappa shape index (κ3) is 3.95. The highest BCUT2D eigenvalue weighted by atomic mass is 79.9. The van der Waals surface area contributed by atoms with Gasteiger partial charge in [0.25, 0.3) is 0 Å². The summed E-state index contributed by atoms with van der Waals surface area (Å²) >= 11 is 5.03. The van der Waals surface area contributed by atoms with Gasteiger partial charge in [0.15, 0.2) is 0 Å². The molecule has 96 valence electrons. The Morgan fingerprint density at radius 2 is 2.35 bits per heavy atom. The number of rotatable bonds is 3. The van der Waals surface area contributed by atoms with Gasteiger partial charge in [-0.3, -0.25) is 4.79 Å². The Morgan fingerprint density at radius 1 is 1.59 bits per heavy atom. The molecule has 6 heteroatoms. The minimum absolute atomic E-state index is 0. The smallest absolute Gasteiger partial charge is 0.227 e. The van der Waals surface area contributed by atoms with Crippen LogP contribution in [0.3, 0.4) is 0 Å². The molecule has 2 heterocycles. The van der Waals surface area contributed by atoms with Crippen molar-refractivity contribution in [3.8, 4) is 0 Å². The second kappa shape index (κ2) is 6.73. The Hall–Kier alpha value is -0.100. The number of hydrogen-bond donors (Lipinski definition) is 1. The highest BCUT2D eigenvalue weighted by Crippen LogP contribution is 2.23. The minimum atomic E-state index is 0. The van der Waals surface area contributed by atoms with E-state index in [9.17, 15) is 4.79 Å². The van der Waals surface area contributed by atoms with Crippen LogP contribution in [0.15, 0.2) is 15.9 Å². The van der Waals surface area contributed by atoms with Crippen LogP contribution in [-0.2, 0) is 11.2 Å². The molecule has 17 heavy (non-hydrogen) atoms. The summed E-state index contributed by atoms with van der Waals surface area (Å²) in [5.74, 6) is 0.726. The molecule has 1 aliphatic rings. The number of nitrogens with zero attached hydrogens (tertiary/aromatic N) is 1. The van der Waals surface area contributed by atoms with E-state index in [4.69, 9.17) is 5.73 Å². The van der Waals surface area contributed by atoms with Crippen molar-refractivity contribution in [3.05, 3.63) is 20.8 Å². The van der Waals surface area contributed by atoms with Crippen LogP contribution in [0, 0.1) is 5.92 Å². The summed E-state index contributed by atoms with van der Waals surface area (Å²) in [6.45, 7) is 2.39. The lowest BCUT2D eigenvalue weighted by Crippen LogP contribution is -2.30. The Labute approximate surface area is 120 Å². The molecule has 1 amide bonds. The van der Waals surface area contributed by atoms with Gasteiger partial charge in [-0.25, -0.2) is 0 Å². The van der Waals surface area contributed by atoms with E-state index in [0.29, 0.717) is 18.9 Å². The van der Waals surface area contributed by atoms with Crippen LogP contribution < -0.4 is 5.73 Å². The van der Waals surface area contributed by atoms with E-state index in [1.165, 1.54) is 0 Å². The summed E-state index contributed by atoms with van der Waals surface area (Å²) in [7, 11) is 0. The maximum absolute atomic E-state index is 12.0. The number of hydrogen-bond acceptors (Lipinski definition) is 3. The molecule has 1 aliphatic heterocycles. The topological polar surface area (TPSA) is 46.3 Å². The van der Waals surface area contributed by atoms with Crippen LogP contribution >= 0.6 is 39.7 Å². The Kier molecular flexibility index (Phi) is 5.92. The quantitative estimate of drug-likeness (QED) is 0.918. The molecule has 0 radical (unpaired) electrons. The first-order valence-electron chi connectivity index (χ1n) is 5.41. The van der Waals surface area contributed by atoms with E-state index in [1.807, 2.05) is 17.0 Å². The molecule has 2 N–H and O–H groups in total. The molecule has 3 nitrogen and oxygen atoms in total. The van der Waals surface area contributed by atoms with Gasteiger partial charge in [-0.1, -0.05) is 0 Å². The summed E-state index contributed by atoms with van der Waals surface area (Å²) in [6.07, 6.45) is 1.57. The molecule has 1 aromatic heterocycles. The molecule has 1 saturated heterocycles. The van der Waals surface area contributed by atoms with Crippen molar-refractivity contribution in [2.24, 2.45) is 11.7 Å². The molecular formula is C11H16BrClN2OS. The predicted molar refractivity (Wildman–Crippen MR) is 76.7 cm³/mol. The largest absolute Gasteiger partial charge is 0.342 e. The van der Waals surface area contributed by atoms with Crippen molar-refractivity contribution < 1.29 is 4.79 Å². The van der Waals surface area contributed by atoms with E-state index in [2.05, 4.69) is 15.9 Å². The fraction of sp³-hybridized carbons (Fsp3) is 0.545. The van der Waals surface area contributed by atoms with Gasteiger partial charge < -0.3 is 10.6 Å². The molecule has 0 saturated carbocycles. The van der Waals surface area contributed by atoms with Gasteiger partial charge in [0.2, 0.25) is 5.91 Å². The van der Waals surface area contributed by atoms with Crippen molar-refractivity contribution in [2.75, 3.05) is 19.6 Å². The minimum Gasteiger partial charge on any atom is -0.342 e. The van der Waals surface area contributed by atoms with E-state index in [1.54, 1.807) is 11.3 Å². The Bertz CT molecular complexity index is 385. The van der Waals surface area contributed by atoms with Gasteiger partial charge in [-0.05, 0) is 46.9 Å². The fourth-order valence-electron chi connectivity index (χ4n) is 1.96. The summed E-state index contributed by atoms with van der Waals surface area (Å²) in [4.78, 5) is 15.0. The highest BCUT2D eigenvalue weighted by Gasteiger charge is 2.25. The van der Waals surface area contributed by atoms with Crippen molar-refractivity contribution in [2.45, 2.75) is 12.8 Å². The first-order chi connectivity index (χ1) is 7.69. The SMILES string of the molecule is Cl.NCC1CCN(C(=O)Cc2ccc(Br)s2)C1. The Balaban J connectivity index is 0.00000144. The number of amides is 1. The third-order valence-electron chi connectivity index (χ3n) is 2.93. The summed E-state index contributed by atoms with van der Waals surface area (Å²) in [6, 6.07) is 3.99. The first-order valence-corrected chi connectivity index (χ1v) is 7.02. The molecule has 1 fully saturated rings. The number of halogens is 2. The second-order valence-corrected chi connectivity index (χ2v) is 6.66. The lowest BCUT2D eigenvalue weighted by molar-refractivity contribution is -0.129. The molecular weight excluding hydrogens is 324 g/mol. The van der Waals surface area contributed by atoms with Crippen LogP contribution in [0.5, 0.6) is 0 Å². The zero-order valence-electron chi connectivity index (χ0n) is 9.39. The van der Waals surface area contributed by atoms with E-state index < -0.39 is 0 Å². The van der Waals surface area contributed by atoms with Gasteiger partial charge >= 0.3 is 0 Å². The lowest BCUT2D eigenvalue weighted by atomic mass is 10.1. The maximum Gasteiger partial charge on any atom is 0.227 e. The number of carbonyl (C=O) groups is 1. The van der Waals surface area contributed by atoms with E-state index in [0.717, 1.165) is 28.2 Å². The van der Waals surface area contributed by atoms with Gasteiger partial charge in [0.1, 0.15) is 0 Å². The van der Waals surface area contributed by atoms with Crippen molar-refractivity contribution >= 4 is 45.6 Å². The molecule has 2 rings (SSSR count). The Morgan fingerprint density at radius 3 is 2.88 bits per heavy atom. The van der Waals surface area contributed by atoms with Crippen molar-refractivity contribution in [3.63, 3.8) is 0 Å².